The number of unbranched alkanes of at least 4 members (excludes halogenated alkanes) is 2. The zero-order chi connectivity index (χ0) is 17.6. The summed E-state index contributed by atoms with van der Waals surface area (Å²) in [5.41, 5.74) is 1.37. The molecule has 1 aliphatic rings. The number of halogens is 2. The second kappa shape index (κ2) is 8.59. The highest BCUT2D eigenvalue weighted by molar-refractivity contribution is 5.89. The van der Waals surface area contributed by atoms with Crippen molar-refractivity contribution in [2.45, 2.75) is 77.2 Å². The van der Waals surface area contributed by atoms with Gasteiger partial charge in [-0.2, -0.15) is 8.78 Å². The van der Waals surface area contributed by atoms with Gasteiger partial charge in [0.05, 0.1) is 5.56 Å². The number of carbonyl (C=O) groups excluding carboxylic acids is 1. The van der Waals surface area contributed by atoms with E-state index in [9.17, 15) is 13.6 Å². The number of carbonyl (C=O) groups is 1. The molecule has 1 fully saturated rings. The summed E-state index contributed by atoms with van der Waals surface area (Å²) in [5, 5.41) is 0. The van der Waals surface area contributed by atoms with Gasteiger partial charge in [0.2, 0.25) is 0 Å². The van der Waals surface area contributed by atoms with E-state index in [2.05, 4.69) is 11.7 Å². The molecular weight excluding hydrogens is 310 g/mol. The number of hydrogen-bond donors (Lipinski definition) is 0. The van der Waals surface area contributed by atoms with Gasteiger partial charge in [-0.3, -0.25) is 0 Å². The summed E-state index contributed by atoms with van der Waals surface area (Å²) in [4.78, 5) is 11.6. The first-order valence-corrected chi connectivity index (χ1v) is 9.10. The maximum Gasteiger partial charge on any atom is 0.397 e. The molecule has 24 heavy (non-hydrogen) atoms. The summed E-state index contributed by atoms with van der Waals surface area (Å²) >= 11 is 0. The minimum Gasteiger partial charge on any atom is -0.397 e. The molecule has 0 atom stereocenters. The third-order valence-corrected chi connectivity index (χ3v) is 4.95. The minimum atomic E-state index is -3.44. The van der Waals surface area contributed by atoms with Crippen molar-refractivity contribution in [3.63, 3.8) is 0 Å². The maximum absolute atomic E-state index is 12.7. The Hall–Kier alpha value is -1.45. The van der Waals surface area contributed by atoms with Crippen LogP contribution in [-0.4, -0.2) is 12.1 Å². The molecule has 134 valence electrons. The number of benzene rings is 1. The minimum absolute atomic E-state index is 0.175. The van der Waals surface area contributed by atoms with Gasteiger partial charge in [-0.05, 0) is 55.2 Å². The van der Waals surface area contributed by atoms with Crippen LogP contribution in [0.25, 0.3) is 0 Å². The summed E-state index contributed by atoms with van der Waals surface area (Å²) in [5.74, 6) is 0.396. The molecule has 0 radical (unpaired) electrons. The van der Waals surface area contributed by atoms with Gasteiger partial charge < -0.3 is 4.74 Å². The highest BCUT2D eigenvalue weighted by Gasteiger charge is 2.27. The van der Waals surface area contributed by atoms with Crippen LogP contribution < -0.4 is 0 Å². The van der Waals surface area contributed by atoms with Gasteiger partial charge in [-0.25, -0.2) is 4.79 Å². The van der Waals surface area contributed by atoms with Crippen LogP contribution in [0.1, 0.15) is 87.1 Å². The van der Waals surface area contributed by atoms with Crippen LogP contribution >= 0.6 is 0 Å². The van der Waals surface area contributed by atoms with Crippen LogP contribution in [-0.2, 0) is 4.74 Å². The molecule has 0 spiro atoms. The fraction of sp³-hybridized carbons (Fsp3) is 0.650. The molecule has 0 saturated heterocycles. The third-order valence-electron chi connectivity index (χ3n) is 4.95. The predicted molar refractivity (Wildman–Crippen MR) is 91.3 cm³/mol. The van der Waals surface area contributed by atoms with Crippen molar-refractivity contribution in [1.82, 2.24) is 0 Å². The van der Waals surface area contributed by atoms with Crippen molar-refractivity contribution in [3.05, 3.63) is 35.4 Å². The molecule has 4 heteroatoms. The average Bonchev–Trinajstić information content (AvgIpc) is 2.54. The van der Waals surface area contributed by atoms with Gasteiger partial charge in [-0.15, -0.1) is 0 Å². The molecule has 1 saturated carbocycles. The van der Waals surface area contributed by atoms with Gasteiger partial charge in [0.1, 0.15) is 0 Å². The lowest BCUT2D eigenvalue weighted by atomic mass is 9.77. The first-order valence-electron chi connectivity index (χ1n) is 9.10. The maximum atomic E-state index is 12.7. The topological polar surface area (TPSA) is 26.3 Å². The monoisotopic (exact) mass is 338 g/mol. The molecule has 0 amide bonds. The van der Waals surface area contributed by atoms with Crippen LogP contribution in [0.15, 0.2) is 24.3 Å². The molecule has 2 nitrogen and oxygen atoms in total. The van der Waals surface area contributed by atoms with E-state index in [1.54, 1.807) is 12.1 Å². The van der Waals surface area contributed by atoms with E-state index in [1.807, 2.05) is 12.1 Å². The van der Waals surface area contributed by atoms with Crippen LogP contribution in [0.5, 0.6) is 0 Å². The highest BCUT2D eigenvalue weighted by atomic mass is 19.3. The van der Waals surface area contributed by atoms with Crippen molar-refractivity contribution in [2.75, 3.05) is 0 Å². The predicted octanol–water partition coefficient (Wildman–Crippen LogP) is 6.31. The third kappa shape index (κ3) is 5.88. The van der Waals surface area contributed by atoms with Crippen molar-refractivity contribution in [3.8, 4) is 0 Å². The summed E-state index contributed by atoms with van der Waals surface area (Å²) in [6, 6.07) is 6.95. The first-order chi connectivity index (χ1) is 11.4. The van der Waals surface area contributed by atoms with E-state index in [4.69, 9.17) is 0 Å². The summed E-state index contributed by atoms with van der Waals surface area (Å²) in [6.07, 6.45) is 6.72. The second-order valence-electron chi connectivity index (χ2n) is 7.03. The lowest BCUT2D eigenvalue weighted by Crippen LogP contribution is -2.21. The standard InChI is InChI=1S/C20H28F2O2/c1-3-4-5-6-15-7-9-16(10-8-15)17-11-13-18(14-12-17)19(23)24-20(2,21)22/h11-16H,3-10H2,1-2H3. The molecule has 1 aliphatic carbocycles. The lowest BCUT2D eigenvalue weighted by molar-refractivity contribution is -0.185. The van der Waals surface area contributed by atoms with Crippen molar-refractivity contribution in [1.29, 1.82) is 0 Å². The summed E-state index contributed by atoms with van der Waals surface area (Å²) in [6.45, 7) is 2.80. The summed E-state index contributed by atoms with van der Waals surface area (Å²) < 4.78 is 29.6. The highest BCUT2D eigenvalue weighted by Crippen LogP contribution is 2.37. The molecule has 0 N–H and O–H groups in total. The van der Waals surface area contributed by atoms with E-state index in [0.717, 1.165) is 5.92 Å². The molecule has 1 aromatic rings. The quantitative estimate of drug-likeness (QED) is 0.430. The van der Waals surface area contributed by atoms with Gasteiger partial charge >= 0.3 is 12.1 Å². The molecule has 0 heterocycles. The molecular formula is C20H28F2O2. The fourth-order valence-electron chi connectivity index (χ4n) is 3.58. The smallest absolute Gasteiger partial charge is 0.397 e. The number of hydrogen-bond acceptors (Lipinski definition) is 2. The molecule has 1 aromatic carbocycles. The number of rotatable bonds is 7. The normalized spacial score (nSPS) is 21.5. The number of ether oxygens (including phenoxy) is 1. The Morgan fingerprint density at radius 1 is 1.12 bits per heavy atom. The van der Waals surface area contributed by atoms with Crippen LogP contribution in [0.4, 0.5) is 8.78 Å². The van der Waals surface area contributed by atoms with Crippen molar-refractivity contribution < 1.29 is 18.3 Å². The zero-order valence-electron chi connectivity index (χ0n) is 14.7. The van der Waals surface area contributed by atoms with Gasteiger partial charge in [-0.1, -0.05) is 44.7 Å². The van der Waals surface area contributed by atoms with Crippen molar-refractivity contribution >= 4 is 5.97 Å². The largest absolute Gasteiger partial charge is 0.397 e. The Morgan fingerprint density at radius 3 is 2.29 bits per heavy atom. The summed E-state index contributed by atoms with van der Waals surface area (Å²) in [7, 11) is 0. The molecule has 2 rings (SSSR count). The number of esters is 1. The fourth-order valence-corrected chi connectivity index (χ4v) is 3.58. The Balaban J connectivity index is 1.85. The van der Waals surface area contributed by atoms with E-state index in [0.29, 0.717) is 12.8 Å². The van der Waals surface area contributed by atoms with E-state index in [1.165, 1.54) is 56.9 Å². The van der Waals surface area contributed by atoms with E-state index < -0.39 is 12.1 Å². The van der Waals surface area contributed by atoms with Crippen LogP contribution in [0.2, 0.25) is 0 Å². The zero-order valence-corrected chi connectivity index (χ0v) is 14.7. The van der Waals surface area contributed by atoms with Crippen LogP contribution in [0.3, 0.4) is 0 Å². The Kier molecular flexibility index (Phi) is 6.76. The van der Waals surface area contributed by atoms with Gasteiger partial charge in [0.15, 0.2) is 0 Å². The molecule has 0 unspecified atom stereocenters. The Labute approximate surface area is 143 Å². The molecule has 0 aliphatic heterocycles. The number of alkyl halides is 2. The molecule has 0 aromatic heterocycles. The lowest BCUT2D eigenvalue weighted by Gasteiger charge is -2.29. The average molecular weight is 338 g/mol. The SMILES string of the molecule is CCCCCC1CCC(c2ccc(C(=O)OC(C)(F)F)cc2)CC1. The van der Waals surface area contributed by atoms with Crippen LogP contribution in [0, 0.1) is 5.92 Å². The van der Waals surface area contributed by atoms with E-state index in [-0.39, 0.29) is 5.56 Å². The van der Waals surface area contributed by atoms with Gasteiger partial charge in [0.25, 0.3) is 0 Å². The second-order valence-corrected chi connectivity index (χ2v) is 7.03. The Bertz CT molecular complexity index is 511. The van der Waals surface area contributed by atoms with E-state index >= 15 is 0 Å². The van der Waals surface area contributed by atoms with Crippen molar-refractivity contribution in [2.24, 2.45) is 5.92 Å². The Morgan fingerprint density at radius 2 is 1.75 bits per heavy atom. The van der Waals surface area contributed by atoms with Gasteiger partial charge in [0, 0.05) is 6.92 Å². The molecule has 0 bridgehead atoms. The first kappa shape index (κ1) is 18.9.